The van der Waals surface area contributed by atoms with Crippen molar-refractivity contribution in [1.29, 1.82) is 0 Å². The Labute approximate surface area is 190 Å². The second-order valence-corrected chi connectivity index (χ2v) is 7.65. The van der Waals surface area contributed by atoms with Crippen LogP contribution in [0.3, 0.4) is 0 Å². The van der Waals surface area contributed by atoms with E-state index in [1.165, 1.54) is 18.5 Å². The molecule has 1 aromatic carbocycles. The Hall–Kier alpha value is -3.29. The molecule has 33 heavy (non-hydrogen) atoms. The first kappa shape index (κ1) is 22.9. The Balaban J connectivity index is 1.62. The van der Waals surface area contributed by atoms with Crippen LogP contribution in [0.1, 0.15) is 18.1 Å². The van der Waals surface area contributed by atoms with Crippen LogP contribution in [-0.2, 0) is 11.3 Å². The Kier molecular flexibility index (Phi) is 7.32. The molecule has 1 aliphatic heterocycles. The van der Waals surface area contributed by atoms with E-state index in [9.17, 15) is 8.78 Å². The van der Waals surface area contributed by atoms with Gasteiger partial charge in [0.2, 0.25) is 0 Å². The molecule has 0 aliphatic carbocycles. The number of hydrogen-bond acceptors (Lipinski definition) is 7. The number of ether oxygens (including phenoxy) is 2. The molecule has 1 saturated heterocycles. The monoisotopic (exact) mass is 456 g/mol. The number of fused-ring (bicyclic) bond motifs is 1. The fourth-order valence-corrected chi connectivity index (χ4v) is 3.59. The highest BCUT2D eigenvalue weighted by Gasteiger charge is 2.18. The van der Waals surface area contributed by atoms with Gasteiger partial charge in [-0.3, -0.25) is 4.90 Å². The molecule has 0 spiro atoms. The minimum absolute atomic E-state index is 0.0472. The zero-order valence-electron chi connectivity index (χ0n) is 18.7. The SMILES string of the molecule is CC#CCOc1nc(NCCN2CCOCC2)c2ncn(Cc3c(F)ccc(C)c3F)c2n1. The topological polar surface area (TPSA) is 77.3 Å². The van der Waals surface area contributed by atoms with E-state index in [-0.39, 0.29) is 24.7 Å². The van der Waals surface area contributed by atoms with Crippen molar-refractivity contribution in [3.05, 3.63) is 41.2 Å². The van der Waals surface area contributed by atoms with Crippen LogP contribution in [0.4, 0.5) is 14.6 Å². The number of aromatic nitrogens is 4. The predicted octanol–water partition coefficient (Wildman–Crippen LogP) is 2.61. The lowest BCUT2D eigenvalue weighted by Crippen LogP contribution is -2.39. The Morgan fingerprint density at radius 1 is 1.21 bits per heavy atom. The first-order valence-corrected chi connectivity index (χ1v) is 10.8. The largest absolute Gasteiger partial charge is 0.450 e. The maximum absolute atomic E-state index is 14.6. The third-order valence-corrected chi connectivity index (χ3v) is 5.43. The van der Waals surface area contributed by atoms with Gasteiger partial charge in [-0.05, 0) is 25.5 Å². The molecular formula is C23H26F2N6O2. The standard InChI is InChI=1S/C23H26F2N6O2/c1-3-4-11-33-23-28-21(26-7-8-30-9-12-32-13-10-30)20-22(29-23)31(15-27-20)14-17-18(24)6-5-16(2)19(17)25/h5-6,15H,7-14H2,1-2H3,(H,26,28,29). The first-order valence-electron chi connectivity index (χ1n) is 10.8. The van der Waals surface area contributed by atoms with Gasteiger partial charge in [0.25, 0.3) is 0 Å². The summed E-state index contributed by atoms with van der Waals surface area (Å²) in [5.41, 5.74) is 1.24. The van der Waals surface area contributed by atoms with Gasteiger partial charge in [0.1, 0.15) is 11.6 Å². The average molecular weight is 456 g/mol. The van der Waals surface area contributed by atoms with E-state index in [0.29, 0.717) is 29.1 Å². The zero-order valence-corrected chi connectivity index (χ0v) is 18.7. The van der Waals surface area contributed by atoms with Crippen LogP contribution in [0, 0.1) is 30.4 Å². The van der Waals surface area contributed by atoms with Crippen molar-refractivity contribution in [3.8, 4) is 17.9 Å². The molecule has 3 heterocycles. The highest BCUT2D eigenvalue weighted by Crippen LogP contribution is 2.24. The van der Waals surface area contributed by atoms with E-state index < -0.39 is 11.6 Å². The molecule has 0 radical (unpaired) electrons. The second kappa shape index (κ2) is 10.6. The van der Waals surface area contributed by atoms with Crippen molar-refractivity contribution in [2.24, 2.45) is 0 Å². The van der Waals surface area contributed by atoms with Crippen LogP contribution in [0.15, 0.2) is 18.5 Å². The van der Waals surface area contributed by atoms with Gasteiger partial charge >= 0.3 is 6.01 Å². The number of nitrogens with one attached hydrogen (secondary N) is 1. The number of aryl methyl sites for hydroxylation is 1. The predicted molar refractivity (Wildman–Crippen MR) is 120 cm³/mol. The number of benzene rings is 1. The van der Waals surface area contributed by atoms with Crippen molar-refractivity contribution < 1.29 is 18.3 Å². The molecule has 0 unspecified atom stereocenters. The zero-order chi connectivity index (χ0) is 23.2. The highest BCUT2D eigenvalue weighted by molar-refractivity contribution is 5.83. The summed E-state index contributed by atoms with van der Waals surface area (Å²) in [5.74, 6) is 4.86. The maximum Gasteiger partial charge on any atom is 0.321 e. The lowest BCUT2D eigenvalue weighted by Gasteiger charge is -2.26. The molecule has 8 nitrogen and oxygen atoms in total. The molecule has 0 saturated carbocycles. The Morgan fingerprint density at radius 3 is 2.82 bits per heavy atom. The van der Waals surface area contributed by atoms with Crippen molar-refractivity contribution in [2.75, 3.05) is 51.3 Å². The van der Waals surface area contributed by atoms with Crippen LogP contribution in [-0.4, -0.2) is 70.4 Å². The fourth-order valence-electron chi connectivity index (χ4n) is 3.59. The molecule has 1 fully saturated rings. The third kappa shape index (κ3) is 5.38. The van der Waals surface area contributed by atoms with Crippen LogP contribution < -0.4 is 10.1 Å². The molecule has 0 amide bonds. The highest BCUT2D eigenvalue weighted by atomic mass is 19.1. The summed E-state index contributed by atoms with van der Waals surface area (Å²) in [6.07, 6.45) is 1.50. The van der Waals surface area contributed by atoms with E-state index in [1.54, 1.807) is 18.4 Å². The van der Waals surface area contributed by atoms with Crippen molar-refractivity contribution in [1.82, 2.24) is 24.4 Å². The number of halogens is 2. The van der Waals surface area contributed by atoms with Gasteiger partial charge in [-0.25, -0.2) is 13.8 Å². The summed E-state index contributed by atoms with van der Waals surface area (Å²) < 4.78 is 41.5. The summed E-state index contributed by atoms with van der Waals surface area (Å²) in [7, 11) is 0. The Bertz CT molecular complexity index is 1180. The average Bonchev–Trinajstić information content (AvgIpc) is 3.23. The lowest BCUT2D eigenvalue weighted by atomic mass is 10.1. The van der Waals surface area contributed by atoms with Gasteiger partial charge < -0.3 is 19.4 Å². The van der Waals surface area contributed by atoms with Crippen molar-refractivity contribution >= 4 is 17.0 Å². The molecule has 1 aliphatic rings. The summed E-state index contributed by atoms with van der Waals surface area (Å²) in [4.78, 5) is 15.6. The molecule has 0 atom stereocenters. The number of anilines is 1. The number of nitrogens with zero attached hydrogens (tertiary/aromatic N) is 5. The molecule has 3 aromatic rings. The smallest absolute Gasteiger partial charge is 0.321 e. The number of hydrogen-bond donors (Lipinski definition) is 1. The lowest BCUT2D eigenvalue weighted by molar-refractivity contribution is 0.0398. The molecule has 2 aromatic heterocycles. The van der Waals surface area contributed by atoms with E-state index in [1.807, 2.05) is 0 Å². The molecule has 174 valence electrons. The molecule has 0 bridgehead atoms. The molecule has 10 heteroatoms. The third-order valence-electron chi connectivity index (χ3n) is 5.43. The number of rotatable bonds is 8. The minimum atomic E-state index is -0.618. The van der Waals surface area contributed by atoms with Gasteiger partial charge in [-0.2, -0.15) is 9.97 Å². The Morgan fingerprint density at radius 2 is 2.03 bits per heavy atom. The summed E-state index contributed by atoms with van der Waals surface area (Å²) >= 11 is 0. The van der Waals surface area contributed by atoms with Gasteiger partial charge in [0.05, 0.1) is 26.1 Å². The molecule has 4 rings (SSSR count). The van der Waals surface area contributed by atoms with Gasteiger partial charge in [0.15, 0.2) is 23.6 Å². The second-order valence-electron chi connectivity index (χ2n) is 7.65. The minimum Gasteiger partial charge on any atom is -0.450 e. The van der Waals surface area contributed by atoms with E-state index in [0.717, 1.165) is 32.8 Å². The van der Waals surface area contributed by atoms with Crippen molar-refractivity contribution in [2.45, 2.75) is 20.4 Å². The molecule has 1 N–H and O–H groups in total. The van der Waals surface area contributed by atoms with E-state index >= 15 is 0 Å². The quantitative estimate of drug-likeness (QED) is 0.522. The number of morpholine rings is 1. The first-order chi connectivity index (χ1) is 16.1. The van der Waals surface area contributed by atoms with E-state index in [2.05, 4.69) is 37.0 Å². The fraction of sp³-hybridized carbons (Fsp3) is 0.435. The van der Waals surface area contributed by atoms with Crippen LogP contribution >= 0.6 is 0 Å². The van der Waals surface area contributed by atoms with Gasteiger partial charge in [0, 0.05) is 31.7 Å². The van der Waals surface area contributed by atoms with E-state index in [4.69, 9.17) is 9.47 Å². The number of imidazole rings is 1. The van der Waals surface area contributed by atoms with Gasteiger partial charge in [-0.1, -0.05) is 12.0 Å². The normalized spacial score (nSPS) is 14.2. The van der Waals surface area contributed by atoms with Crippen molar-refractivity contribution in [3.63, 3.8) is 0 Å². The summed E-state index contributed by atoms with van der Waals surface area (Å²) in [6.45, 7) is 8.05. The summed E-state index contributed by atoms with van der Waals surface area (Å²) in [6, 6.07) is 2.80. The van der Waals surface area contributed by atoms with Crippen LogP contribution in [0.2, 0.25) is 0 Å². The van der Waals surface area contributed by atoms with Gasteiger partial charge in [-0.15, -0.1) is 5.92 Å². The summed E-state index contributed by atoms with van der Waals surface area (Å²) in [5, 5.41) is 3.30. The maximum atomic E-state index is 14.6. The van der Waals surface area contributed by atoms with Crippen LogP contribution in [0.5, 0.6) is 6.01 Å². The molecular weight excluding hydrogens is 430 g/mol. The van der Waals surface area contributed by atoms with Crippen LogP contribution in [0.25, 0.3) is 11.2 Å².